The van der Waals surface area contributed by atoms with Crippen molar-refractivity contribution in [1.29, 1.82) is 0 Å². The largest absolute Gasteiger partial charge is 0.363 e. The van der Waals surface area contributed by atoms with Gasteiger partial charge in [-0.15, -0.1) is 0 Å². The average molecular weight is 395 g/mol. The van der Waals surface area contributed by atoms with E-state index in [9.17, 15) is 4.79 Å². The van der Waals surface area contributed by atoms with Gasteiger partial charge in [-0.25, -0.2) is 0 Å². The van der Waals surface area contributed by atoms with Gasteiger partial charge >= 0.3 is 0 Å². The third-order valence-corrected chi connectivity index (χ3v) is 5.19. The molecule has 3 aromatic rings. The molecular formula is C22H26N4OS. The number of pyridine rings is 2. The summed E-state index contributed by atoms with van der Waals surface area (Å²) in [6.45, 7) is 7.99. The van der Waals surface area contributed by atoms with Crippen LogP contribution in [0, 0.1) is 13.8 Å². The number of nitrogens with one attached hydrogen (secondary N) is 2. The van der Waals surface area contributed by atoms with Crippen LogP contribution >= 0.6 is 12.2 Å². The molecule has 0 aliphatic rings. The van der Waals surface area contributed by atoms with Gasteiger partial charge in [0.15, 0.2) is 5.11 Å². The number of rotatable bonds is 6. The molecule has 0 saturated carbocycles. The Labute approximate surface area is 170 Å². The number of fused-ring (bicyclic) bond motifs is 1. The van der Waals surface area contributed by atoms with Gasteiger partial charge in [0, 0.05) is 36.4 Å². The molecule has 0 aliphatic carbocycles. The van der Waals surface area contributed by atoms with E-state index < -0.39 is 0 Å². The summed E-state index contributed by atoms with van der Waals surface area (Å²) in [6, 6.07) is 10.0. The van der Waals surface area contributed by atoms with E-state index in [4.69, 9.17) is 12.2 Å². The van der Waals surface area contributed by atoms with Crippen molar-refractivity contribution in [2.45, 2.75) is 40.3 Å². The fourth-order valence-corrected chi connectivity index (χ4v) is 3.43. The Kier molecular flexibility index (Phi) is 6.41. The molecule has 2 heterocycles. The van der Waals surface area contributed by atoms with Crippen LogP contribution in [0.1, 0.15) is 35.6 Å². The molecule has 0 aliphatic heterocycles. The molecule has 0 bridgehead atoms. The smallest absolute Gasteiger partial charge is 0.253 e. The minimum Gasteiger partial charge on any atom is -0.363 e. The van der Waals surface area contributed by atoms with Gasteiger partial charge in [0.25, 0.3) is 5.56 Å². The Balaban J connectivity index is 1.95. The van der Waals surface area contributed by atoms with Gasteiger partial charge in [0.2, 0.25) is 0 Å². The summed E-state index contributed by atoms with van der Waals surface area (Å²) < 4.78 is 0. The number of H-pyrrole nitrogens is 1. The summed E-state index contributed by atoms with van der Waals surface area (Å²) in [6.07, 6.45) is 4.56. The van der Waals surface area contributed by atoms with E-state index in [1.165, 1.54) is 0 Å². The lowest BCUT2D eigenvalue weighted by Gasteiger charge is -2.26. The van der Waals surface area contributed by atoms with Gasteiger partial charge in [-0.1, -0.05) is 25.1 Å². The maximum Gasteiger partial charge on any atom is 0.253 e. The second-order valence-electron chi connectivity index (χ2n) is 7.06. The van der Waals surface area contributed by atoms with Crippen molar-refractivity contribution in [3.05, 3.63) is 75.3 Å². The monoisotopic (exact) mass is 394 g/mol. The summed E-state index contributed by atoms with van der Waals surface area (Å²) in [5.41, 5.74) is 4.79. The Morgan fingerprint density at radius 3 is 2.71 bits per heavy atom. The number of thiocarbonyl (C=S) groups is 1. The van der Waals surface area contributed by atoms with Crippen LogP contribution in [0.4, 0.5) is 0 Å². The van der Waals surface area contributed by atoms with Crippen molar-refractivity contribution < 1.29 is 0 Å². The zero-order valence-corrected chi connectivity index (χ0v) is 17.4. The number of hydrogen-bond donors (Lipinski definition) is 2. The zero-order valence-electron chi connectivity index (χ0n) is 16.6. The quantitative estimate of drug-likeness (QED) is 0.622. The second-order valence-corrected chi connectivity index (χ2v) is 7.45. The minimum absolute atomic E-state index is 0.0734. The molecule has 5 nitrogen and oxygen atoms in total. The molecule has 0 unspecified atom stereocenters. The van der Waals surface area contributed by atoms with Crippen LogP contribution in [-0.4, -0.2) is 26.5 Å². The lowest BCUT2D eigenvalue weighted by molar-refractivity contribution is 0.397. The lowest BCUT2D eigenvalue weighted by Crippen LogP contribution is -2.40. The zero-order chi connectivity index (χ0) is 20.1. The Morgan fingerprint density at radius 1 is 1.21 bits per heavy atom. The number of hydrogen-bond acceptors (Lipinski definition) is 3. The maximum atomic E-state index is 12.8. The fourth-order valence-electron chi connectivity index (χ4n) is 3.20. The van der Waals surface area contributed by atoms with E-state index in [0.29, 0.717) is 23.8 Å². The van der Waals surface area contributed by atoms with Gasteiger partial charge in [0.05, 0.1) is 12.1 Å². The van der Waals surface area contributed by atoms with E-state index in [-0.39, 0.29) is 5.56 Å². The van der Waals surface area contributed by atoms with Crippen molar-refractivity contribution in [3.63, 3.8) is 0 Å². The summed E-state index contributed by atoms with van der Waals surface area (Å²) in [7, 11) is 0. The highest BCUT2D eigenvalue weighted by Crippen LogP contribution is 2.20. The van der Waals surface area contributed by atoms with Crippen LogP contribution in [0.15, 0.2) is 47.5 Å². The second kappa shape index (κ2) is 8.97. The van der Waals surface area contributed by atoms with Gasteiger partial charge in [-0.3, -0.25) is 9.78 Å². The number of aryl methyl sites for hydroxylation is 2. The van der Waals surface area contributed by atoms with Crippen molar-refractivity contribution in [1.82, 2.24) is 20.2 Å². The van der Waals surface area contributed by atoms with E-state index in [0.717, 1.165) is 40.6 Å². The third kappa shape index (κ3) is 4.57. The van der Waals surface area contributed by atoms with Crippen molar-refractivity contribution in [2.24, 2.45) is 0 Å². The highest BCUT2D eigenvalue weighted by atomic mass is 32.1. The molecular weight excluding hydrogens is 368 g/mol. The summed E-state index contributed by atoms with van der Waals surface area (Å²) >= 11 is 5.61. The highest BCUT2D eigenvalue weighted by Gasteiger charge is 2.15. The van der Waals surface area contributed by atoms with Gasteiger partial charge in [0.1, 0.15) is 0 Å². The van der Waals surface area contributed by atoms with Crippen LogP contribution in [0.5, 0.6) is 0 Å². The highest BCUT2D eigenvalue weighted by molar-refractivity contribution is 7.80. The van der Waals surface area contributed by atoms with Crippen LogP contribution < -0.4 is 10.9 Å². The predicted molar refractivity (Wildman–Crippen MR) is 118 cm³/mol. The van der Waals surface area contributed by atoms with Gasteiger partial charge in [-0.05, 0) is 61.3 Å². The molecule has 0 spiro atoms. The molecule has 0 radical (unpaired) electrons. The molecule has 3 rings (SSSR count). The SMILES string of the molecule is CCCNC(=S)N(Cc1cccnc1)Cc1cc2c(C)ccc(C)c2[nH]c1=O. The van der Waals surface area contributed by atoms with E-state index in [1.54, 1.807) is 6.20 Å². The first kappa shape index (κ1) is 20.0. The van der Waals surface area contributed by atoms with Crippen LogP contribution in [0.2, 0.25) is 0 Å². The molecule has 0 atom stereocenters. The molecule has 0 saturated heterocycles. The summed E-state index contributed by atoms with van der Waals surface area (Å²) in [5, 5.41) is 4.99. The molecule has 146 valence electrons. The number of aromatic nitrogens is 2. The Morgan fingerprint density at radius 2 is 2.00 bits per heavy atom. The Hall–Kier alpha value is -2.73. The van der Waals surface area contributed by atoms with E-state index in [1.807, 2.05) is 42.3 Å². The number of benzene rings is 1. The number of nitrogens with zero attached hydrogens (tertiary/aromatic N) is 2. The lowest BCUT2D eigenvalue weighted by atomic mass is 10.0. The first-order valence-electron chi connectivity index (χ1n) is 9.53. The van der Waals surface area contributed by atoms with Crippen LogP contribution in [-0.2, 0) is 13.1 Å². The number of aromatic amines is 1. The first-order chi connectivity index (χ1) is 13.5. The normalized spacial score (nSPS) is 10.8. The standard InChI is InChI=1S/C22H26N4OS/c1-4-9-24-22(28)26(13-17-6-5-10-23-12-17)14-18-11-19-15(2)7-8-16(3)20(19)25-21(18)27/h5-8,10-12H,4,9,13-14H2,1-3H3,(H,24,28)(H,25,27). The molecule has 1 aromatic carbocycles. The molecule has 0 amide bonds. The minimum atomic E-state index is -0.0734. The summed E-state index contributed by atoms with van der Waals surface area (Å²) in [5.74, 6) is 0. The predicted octanol–water partition coefficient (Wildman–Crippen LogP) is 3.83. The fraction of sp³-hybridized carbons (Fsp3) is 0.318. The molecule has 28 heavy (non-hydrogen) atoms. The maximum absolute atomic E-state index is 12.8. The van der Waals surface area contributed by atoms with Crippen molar-refractivity contribution in [2.75, 3.05) is 6.54 Å². The topological polar surface area (TPSA) is 61.0 Å². The van der Waals surface area contributed by atoms with Crippen LogP contribution in [0.25, 0.3) is 10.9 Å². The molecule has 2 aromatic heterocycles. The molecule has 6 heteroatoms. The third-order valence-electron chi connectivity index (χ3n) is 4.79. The summed E-state index contributed by atoms with van der Waals surface area (Å²) in [4.78, 5) is 22.0. The first-order valence-corrected chi connectivity index (χ1v) is 9.94. The van der Waals surface area contributed by atoms with E-state index >= 15 is 0 Å². The van der Waals surface area contributed by atoms with Gasteiger partial charge in [-0.2, -0.15) is 0 Å². The van der Waals surface area contributed by atoms with E-state index in [2.05, 4.69) is 35.2 Å². The molecule has 0 fully saturated rings. The average Bonchev–Trinajstić information content (AvgIpc) is 2.70. The van der Waals surface area contributed by atoms with Crippen molar-refractivity contribution in [3.8, 4) is 0 Å². The molecule has 2 N–H and O–H groups in total. The Bertz CT molecular complexity index is 1030. The van der Waals surface area contributed by atoms with Crippen LogP contribution in [0.3, 0.4) is 0 Å². The van der Waals surface area contributed by atoms with Crippen molar-refractivity contribution >= 4 is 28.2 Å². The van der Waals surface area contributed by atoms with Gasteiger partial charge < -0.3 is 15.2 Å².